The minimum atomic E-state index is -1.05. The predicted molar refractivity (Wildman–Crippen MR) is 70.7 cm³/mol. The lowest BCUT2D eigenvalue weighted by Gasteiger charge is -2.02. The van der Waals surface area contributed by atoms with E-state index in [-0.39, 0.29) is 16.9 Å². The highest BCUT2D eigenvalue weighted by atomic mass is 16.4. The number of aliphatic carboxylic acids is 2. The van der Waals surface area contributed by atoms with Crippen molar-refractivity contribution in [1.29, 1.82) is 0 Å². The molecule has 1 aromatic carbocycles. The Labute approximate surface area is 110 Å². The van der Waals surface area contributed by atoms with Crippen LogP contribution in [0, 0.1) is 0 Å². The van der Waals surface area contributed by atoms with Crippen molar-refractivity contribution < 1.29 is 24.9 Å². The maximum atomic E-state index is 10.7. The van der Waals surface area contributed by atoms with Gasteiger partial charge in [-0.05, 0) is 55.3 Å². The second-order valence-electron chi connectivity index (χ2n) is 4.12. The maximum absolute atomic E-state index is 10.7. The number of hydrogen-bond donors (Lipinski definition) is 3. The fourth-order valence-corrected chi connectivity index (χ4v) is 1.45. The van der Waals surface area contributed by atoms with Gasteiger partial charge in [0.15, 0.2) is 0 Å². The molecule has 0 bridgehead atoms. The van der Waals surface area contributed by atoms with E-state index in [1.807, 2.05) is 0 Å². The molecule has 0 heterocycles. The SMILES string of the molecule is CC(=Cc1cc(O)cc(C=C(C)C(=O)O)c1)C(=O)O. The third-order valence-corrected chi connectivity index (χ3v) is 2.40. The minimum absolute atomic E-state index is 0.0589. The van der Waals surface area contributed by atoms with Crippen molar-refractivity contribution in [3.8, 4) is 5.75 Å². The average Bonchev–Trinajstić information content (AvgIpc) is 2.27. The lowest BCUT2D eigenvalue weighted by Crippen LogP contribution is -1.96. The molecule has 0 aromatic heterocycles. The lowest BCUT2D eigenvalue weighted by molar-refractivity contribution is -0.133. The van der Waals surface area contributed by atoms with Crippen LogP contribution in [-0.2, 0) is 9.59 Å². The summed E-state index contributed by atoms with van der Waals surface area (Å²) in [5.41, 5.74) is 1.22. The molecule has 3 N–H and O–H groups in total. The summed E-state index contributed by atoms with van der Waals surface area (Å²) in [4.78, 5) is 21.4. The molecule has 19 heavy (non-hydrogen) atoms. The van der Waals surface area contributed by atoms with E-state index in [1.54, 1.807) is 6.07 Å². The fourth-order valence-electron chi connectivity index (χ4n) is 1.45. The summed E-state index contributed by atoms with van der Waals surface area (Å²) in [5, 5.41) is 27.1. The van der Waals surface area contributed by atoms with Gasteiger partial charge in [-0.25, -0.2) is 9.59 Å². The molecule has 0 saturated carbocycles. The summed E-state index contributed by atoms with van der Waals surface area (Å²) in [7, 11) is 0. The van der Waals surface area contributed by atoms with Gasteiger partial charge in [-0.1, -0.05) is 0 Å². The molecule has 0 spiro atoms. The summed E-state index contributed by atoms with van der Waals surface area (Å²) in [6.45, 7) is 2.87. The van der Waals surface area contributed by atoms with Gasteiger partial charge in [0.2, 0.25) is 0 Å². The van der Waals surface area contributed by atoms with Crippen LogP contribution in [0.3, 0.4) is 0 Å². The Bertz CT molecular complexity index is 533. The van der Waals surface area contributed by atoms with E-state index in [2.05, 4.69) is 0 Å². The van der Waals surface area contributed by atoms with Crippen molar-refractivity contribution in [3.05, 3.63) is 40.5 Å². The fraction of sp³-hybridized carbons (Fsp3) is 0.143. The van der Waals surface area contributed by atoms with Crippen LogP contribution in [0.4, 0.5) is 0 Å². The molecule has 1 rings (SSSR count). The van der Waals surface area contributed by atoms with Crippen LogP contribution in [0.2, 0.25) is 0 Å². The molecule has 5 nitrogen and oxygen atoms in total. The summed E-state index contributed by atoms with van der Waals surface area (Å²) in [6.07, 6.45) is 2.80. The van der Waals surface area contributed by atoms with Crippen molar-refractivity contribution in [2.45, 2.75) is 13.8 Å². The van der Waals surface area contributed by atoms with E-state index >= 15 is 0 Å². The lowest BCUT2D eigenvalue weighted by atomic mass is 10.1. The van der Waals surface area contributed by atoms with Gasteiger partial charge in [-0.3, -0.25) is 0 Å². The van der Waals surface area contributed by atoms with Crippen LogP contribution in [0.1, 0.15) is 25.0 Å². The van der Waals surface area contributed by atoms with Gasteiger partial charge in [-0.2, -0.15) is 0 Å². The number of phenolic OH excluding ortho intramolecular Hbond substituents is 1. The Morgan fingerprint density at radius 1 is 0.895 bits per heavy atom. The first kappa shape index (κ1) is 14.5. The molecule has 5 heteroatoms. The van der Waals surface area contributed by atoms with Gasteiger partial charge in [-0.15, -0.1) is 0 Å². The van der Waals surface area contributed by atoms with E-state index in [0.717, 1.165) is 0 Å². The third-order valence-electron chi connectivity index (χ3n) is 2.40. The first-order chi connectivity index (χ1) is 8.79. The third kappa shape index (κ3) is 4.31. The van der Waals surface area contributed by atoms with Gasteiger partial charge >= 0.3 is 11.9 Å². The predicted octanol–water partition coefficient (Wildman–Crippen LogP) is 2.37. The summed E-state index contributed by atoms with van der Waals surface area (Å²) in [6, 6.07) is 4.40. The molecule has 0 radical (unpaired) electrons. The zero-order valence-electron chi connectivity index (χ0n) is 10.5. The van der Waals surface area contributed by atoms with Crippen LogP contribution in [0.15, 0.2) is 29.3 Å². The van der Waals surface area contributed by atoms with Crippen LogP contribution in [0.25, 0.3) is 12.2 Å². The Morgan fingerprint density at radius 3 is 1.58 bits per heavy atom. The number of benzene rings is 1. The van der Waals surface area contributed by atoms with Crippen LogP contribution in [-0.4, -0.2) is 27.3 Å². The largest absolute Gasteiger partial charge is 0.508 e. The Hall–Kier alpha value is -2.56. The van der Waals surface area contributed by atoms with Crippen LogP contribution in [0.5, 0.6) is 5.75 Å². The molecule has 0 saturated heterocycles. The summed E-state index contributed by atoms with van der Waals surface area (Å²) in [5.74, 6) is -2.17. The van der Waals surface area contributed by atoms with Crippen LogP contribution >= 0.6 is 0 Å². The Balaban J connectivity index is 3.22. The van der Waals surface area contributed by atoms with E-state index in [0.29, 0.717) is 11.1 Å². The first-order valence-electron chi connectivity index (χ1n) is 5.47. The van der Waals surface area contributed by atoms with Gasteiger partial charge in [0.1, 0.15) is 5.75 Å². The smallest absolute Gasteiger partial charge is 0.331 e. The topological polar surface area (TPSA) is 94.8 Å². The number of rotatable bonds is 4. The molecule has 100 valence electrons. The maximum Gasteiger partial charge on any atom is 0.331 e. The van der Waals surface area contributed by atoms with E-state index in [9.17, 15) is 14.7 Å². The molecular formula is C14H14O5. The molecule has 0 fully saturated rings. The van der Waals surface area contributed by atoms with E-state index < -0.39 is 11.9 Å². The quantitative estimate of drug-likeness (QED) is 0.724. The highest BCUT2D eigenvalue weighted by Crippen LogP contribution is 2.20. The van der Waals surface area contributed by atoms with Gasteiger partial charge in [0.05, 0.1) is 0 Å². The number of carboxylic acids is 2. The molecule has 0 unspecified atom stereocenters. The average molecular weight is 262 g/mol. The second-order valence-corrected chi connectivity index (χ2v) is 4.12. The number of aromatic hydroxyl groups is 1. The van der Waals surface area contributed by atoms with Crippen molar-refractivity contribution in [1.82, 2.24) is 0 Å². The zero-order valence-corrected chi connectivity index (χ0v) is 10.5. The zero-order chi connectivity index (χ0) is 14.6. The van der Waals surface area contributed by atoms with E-state index in [1.165, 1.54) is 38.1 Å². The minimum Gasteiger partial charge on any atom is -0.508 e. The number of carboxylic acid groups (broad SMARTS) is 2. The van der Waals surface area contributed by atoms with Crippen LogP contribution < -0.4 is 0 Å². The summed E-state index contributed by atoms with van der Waals surface area (Å²) >= 11 is 0. The van der Waals surface area contributed by atoms with Gasteiger partial charge in [0.25, 0.3) is 0 Å². The van der Waals surface area contributed by atoms with Crippen molar-refractivity contribution >= 4 is 24.1 Å². The molecule has 0 aliphatic carbocycles. The molecule has 0 amide bonds. The second kappa shape index (κ2) is 5.86. The monoisotopic (exact) mass is 262 g/mol. The molecular weight excluding hydrogens is 248 g/mol. The molecule has 1 aromatic rings. The number of phenols is 1. The number of carbonyl (C=O) groups is 2. The summed E-state index contributed by atoms with van der Waals surface area (Å²) < 4.78 is 0. The highest BCUT2D eigenvalue weighted by molar-refractivity contribution is 5.93. The molecule has 0 aliphatic rings. The van der Waals surface area contributed by atoms with E-state index in [4.69, 9.17) is 10.2 Å². The number of hydrogen-bond acceptors (Lipinski definition) is 3. The Kier molecular flexibility index (Phi) is 4.47. The van der Waals surface area contributed by atoms with Gasteiger partial charge < -0.3 is 15.3 Å². The molecule has 0 aliphatic heterocycles. The highest BCUT2D eigenvalue weighted by Gasteiger charge is 2.04. The standard InChI is InChI=1S/C14H14O5/c1-8(13(16)17)3-10-5-11(7-12(15)6-10)4-9(2)14(18)19/h3-7,15H,1-2H3,(H,16,17)(H,18,19). The van der Waals surface area contributed by atoms with Crippen molar-refractivity contribution in [2.75, 3.05) is 0 Å². The Morgan fingerprint density at radius 2 is 1.26 bits per heavy atom. The van der Waals surface area contributed by atoms with Crippen molar-refractivity contribution in [3.63, 3.8) is 0 Å². The van der Waals surface area contributed by atoms with Gasteiger partial charge in [0, 0.05) is 11.1 Å². The van der Waals surface area contributed by atoms with Crippen molar-refractivity contribution in [2.24, 2.45) is 0 Å². The molecule has 0 atom stereocenters. The first-order valence-corrected chi connectivity index (χ1v) is 5.47. The normalized spacial score (nSPS) is 12.3.